The predicted octanol–water partition coefficient (Wildman–Crippen LogP) is 2.39. The molecule has 0 bridgehead atoms. The van der Waals surface area contributed by atoms with Crippen molar-refractivity contribution in [3.05, 3.63) is 40.3 Å². The summed E-state index contributed by atoms with van der Waals surface area (Å²) in [7, 11) is 3.09. The first-order chi connectivity index (χ1) is 8.24. The lowest BCUT2D eigenvalue weighted by molar-refractivity contribution is 0.103. The summed E-state index contributed by atoms with van der Waals surface area (Å²) in [5.41, 5.74) is 2.57. The maximum Gasteiger partial charge on any atom is 0.212 e. The van der Waals surface area contributed by atoms with Gasteiger partial charge in [-0.05, 0) is 12.1 Å². The van der Waals surface area contributed by atoms with Gasteiger partial charge in [0.1, 0.15) is 17.2 Å². The molecule has 1 aromatic heterocycles. The van der Waals surface area contributed by atoms with Gasteiger partial charge >= 0.3 is 0 Å². The van der Waals surface area contributed by atoms with Gasteiger partial charge in [-0.2, -0.15) is 0 Å². The second-order valence-corrected chi connectivity index (χ2v) is 4.02. The van der Waals surface area contributed by atoms with E-state index in [1.54, 1.807) is 43.3 Å². The van der Waals surface area contributed by atoms with Gasteiger partial charge in [0.2, 0.25) is 5.78 Å². The molecule has 0 amide bonds. The quantitative estimate of drug-likeness (QED) is 0.781. The topological polar surface area (TPSA) is 48.4 Å². The highest BCUT2D eigenvalue weighted by Gasteiger charge is 2.13. The van der Waals surface area contributed by atoms with Crippen molar-refractivity contribution in [1.82, 2.24) is 4.98 Å². The van der Waals surface area contributed by atoms with Crippen LogP contribution in [0.15, 0.2) is 29.1 Å². The molecule has 17 heavy (non-hydrogen) atoms. The molecule has 0 aliphatic rings. The minimum atomic E-state index is -0.136. The number of ketones is 1. The molecule has 2 rings (SSSR count). The Hall–Kier alpha value is -1.88. The van der Waals surface area contributed by atoms with Crippen LogP contribution in [0, 0.1) is 0 Å². The molecule has 0 aliphatic heterocycles. The van der Waals surface area contributed by atoms with Gasteiger partial charge in [-0.3, -0.25) is 4.79 Å². The van der Waals surface area contributed by atoms with E-state index in [0.717, 1.165) is 0 Å². The Morgan fingerprint density at radius 3 is 2.29 bits per heavy atom. The highest BCUT2D eigenvalue weighted by Crippen LogP contribution is 2.24. The highest BCUT2D eigenvalue weighted by molar-refractivity contribution is 7.07. The van der Waals surface area contributed by atoms with E-state index in [9.17, 15) is 4.79 Å². The van der Waals surface area contributed by atoms with Gasteiger partial charge in [-0.15, -0.1) is 11.3 Å². The van der Waals surface area contributed by atoms with Crippen LogP contribution in [0.5, 0.6) is 11.5 Å². The van der Waals surface area contributed by atoms with Crippen molar-refractivity contribution in [2.75, 3.05) is 14.2 Å². The summed E-state index contributed by atoms with van der Waals surface area (Å²) in [6, 6.07) is 5.06. The molecule has 0 radical (unpaired) electrons. The fraction of sp³-hybridized carbons (Fsp3) is 0.167. The Morgan fingerprint density at radius 1 is 1.18 bits per heavy atom. The number of methoxy groups -OCH3 is 2. The van der Waals surface area contributed by atoms with E-state index < -0.39 is 0 Å². The van der Waals surface area contributed by atoms with Crippen LogP contribution in [-0.2, 0) is 0 Å². The number of thiazole rings is 1. The number of hydrogen-bond acceptors (Lipinski definition) is 5. The largest absolute Gasteiger partial charge is 0.497 e. The molecule has 88 valence electrons. The lowest BCUT2D eigenvalue weighted by atomic mass is 10.1. The first-order valence-electron chi connectivity index (χ1n) is 4.90. The van der Waals surface area contributed by atoms with Crippen molar-refractivity contribution in [1.29, 1.82) is 0 Å². The normalized spacial score (nSPS) is 10.0. The summed E-state index contributed by atoms with van der Waals surface area (Å²) in [5, 5.41) is 1.72. The molecule has 4 nitrogen and oxygen atoms in total. The third-order valence-corrected chi connectivity index (χ3v) is 2.87. The Kier molecular flexibility index (Phi) is 3.39. The van der Waals surface area contributed by atoms with Gasteiger partial charge < -0.3 is 9.47 Å². The number of carbonyl (C=O) groups excluding carboxylic acids is 1. The van der Waals surface area contributed by atoms with Crippen LogP contribution in [0.25, 0.3) is 0 Å². The summed E-state index contributed by atoms with van der Waals surface area (Å²) in [6.07, 6.45) is 0. The SMILES string of the molecule is COc1cc(OC)cc(C(=O)c2cscn2)c1. The molecular formula is C12H11NO3S. The molecule has 0 aliphatic carbocycles. The zero-order valence-electron chi connectivity index (χ0n) is 9.47. The molecule has 5 heteroatoms. The molecule has 2 aromatic rings. The number of hydrogen-bond donors (Lipinski definition) is 0. The molecule has 0 fully saturated rings. The number of aromatic nitrogens is 1. The average Bonchev–Trinajstić information content (AvgIpc) is 2.91. The zero-order chi connectivity index (χ0) is 12.3. The minimum absolute atomic E-state index is 0.136. The summed E-state index contributed by atoms with van der Waals surface area (Å²) in [4.78, 5) is 16.1. The second-order valence-electron chi connectivity index (χ2n) is 3.30. The minimum Gasteiger partial charge on any atom is -0.497 e. The van der Waals surface area contributed by atoms with Crippen molar-refractivity contribution in [2.24, 2.45) is 0 Å². The van der Waals surface area contributed by atoms with Crippen LogP contribution >= 0.6 is 11.3 Å². The number of nitrogens with zero attached hydrogens (tertiary/aromatic N) is 1. The van der Waals surface area contributed by atoms with E-state index in [-0.39, 0.29) is 5.78 Å². The summed E-state index contributed by atoms with van der Waals surface area (Å²) in [5.74, 6) is 1.04. The average molecular weight is 249 g/mol. The second kappa shape index (κ2) is 4.97. The molecule has 0 spiro atoms. The van der Waals surface area contributed by atoms with Crippen molar-refractivity contribution < 1.29 is 14.3 Å². The van der Waals surface area contributed by atoms with Gasteiger partial charge in [0.15, 0.2) is 0 Å². The molecule has 1 aromatic carbocycles. The van der Waals surface area contributed by atoms with Crippen LogP contribution in [-0.4, -0.2) is 25.0 Å². The maximum atomic E-state index is 12.1. The molecule has 0 saturated heterocycles. The van der Waals surface area contributed by atoms with Crippen molar-refractivity contribution in [3.8, 4) is 11.5 Å². The van der Waals surface area contributed by atoms with Gasteiger partial charge in [-0.25, -0.2) is 4.98 Å². The van der Waals surface area contributed by atoms with Crippen molar-refractivity contribution in [3.63, 3.8) is 0 Å². The third kappa shape index (κ3) is 2.45. The fourth-order valence-electron chi connectivity index (χ4n) is 1.41. The van der Waals surface area contributed by atoms with Crippen LogP contribution < -0.4 is 9.47 Å². The first kappa shape index (κ1) is 11.6. The van der Waals surface area contributed by atoms with E-state index >= 15 is 0 Å². The van der Waals surface area contributed by atoms with E-state index in [1.807, 2.05) is 0 Å². The van der Waals surface area contributed by atoms with E-state index in [0.29, 0.717) is 22.8 Å². The van der Waals surface area contributed by atoms with Crippen LogP contribution in [0.2, 0.25) is 0 Å². The fourth-order valence-corrected chi connectivity index (χ4v) is 1.94. The monoisotopic (exact) mass is 249 g/mol. The van der Waals surface area contributed by atoms with Gasteiger partial charge in [0.25, 0.3) is 0 Å². The van der Waals surface area contributed by atoms with E-state index in [2.05, 4.69) is 4.98 Å². The number of rotatable bonds is 4. The summed E-state index contributed by atoms with van der Waals surface area (Å²) >= 11 is 1.39. The number of carbonyl (C=O) groups is 1. The molecule has 1 heterocycles. The Balaban J connectivity index is 2.41. The Labute approximate surface area is 103 Å². The maximum absolute atomic E-state index is 12.1. The molecule has 0 atom stereocenters. The van der Waals surface area contributed by atoms with Gasteiger partial charge in [0.05, 0.1) is 19.7 Å². The summed E-state index contributed by atoms with van der Waals surface area (Å²) < 4.78 is 10.2. The zero-order valence-corrected chi connectivity index (χ0v) is 10.3. The van der Waals surface area contributed by atoms with Gasteiger partial charge in [0, 0.05) is 17.0 Å². The highest BCUT2D eigenvalue weighted by atomic mass is 32.1. The summed E-state index contributed by atoms with van der Waals surface area (Å²) in [6.45, 7) is 0. The predicted molar refractivity (Wildman–Crippen MR) is 65.1 cm³/mol. The Morgan fingerprint density at radius 2 is 1.82 bits per heavy atom. The number of ether oxygens (including phenoxy) is 2. The smallest absolute Gasteiger partial charge is 0.212 e. The van der Waals surface area contributed by atoms with Crippen LogP contribution in [0.1, 0.15) is 16.1 Å². The van der Waals surface area contributed by atoms with Gasteiger partial charge in [-0.1, -0.05) is 0 Å². The van der Waals surface area contributed by atoms with Crippen LogP contribution in [0.3, 0.4) is 0 Å². The van der Waals surface area contributed by atoms with Crippen molar-refractivity contribution >= 4 is 17.1 Å². The standard InChI is InChI=1S/C12H11NO3S/c1-15-9-3-8(4-10(5-9)16-2)12(14)11-6-17-7-13-11/h3-7H,1-2H3. The van der Waals surface area contributed by atoms with E-state index in [4.69, 9.17) is 9.47 Å². The Bertz CT molecular complexity index is 500. The van der Waals surface area contributed by atoms with Crippen molar-refractivity contribution in [2.45, 2.75) is 0 Å². The van der Waals surface area contributed by atoms with Crippen LogP contribution in [0.4, 0.5) is 0 Å². The molecular weight excluding hydrogens is 238 g/mol. The molecule has 0 N–H and O–H groups in total. The van der Waals surface area contributed by atoms with E-state index in [1.165, 1.54) is 11.3 Å². The molecule has 0 unspecified atom stereocenters. The lowest BCUT2D eigenvalue weighted by Crippen LogP contribution is -2.02. The molecule has 0 saturated carbocycles. The number of benzene rings is 1. The lowest BCUT2D eigenvalue weighted by Gasteiger charge is -2.06. The first-order valence-corrected chi connectivity index (χ1v) is 5.85. The third-order valence-electron chi connectivity index (χ3n) is 2.28.